The van der Waals surface area contributed by atoms with Crippen LogP contribution in [0.3, 0.4) is 0 Å². The summed E-state index contributed by atoms with van der Waals surface area (Å²) in [4.78, 5) is 10.2. The molecule has 0 bridgehead atoms. The predicted molar refractivity (Wildman–Crippen MR) is 37.1 cm³/mol. The van der Waals surface area contributed by atoms with Crippen molar-refractivity contribution in [1.82, 2.24) is 0 Å². The molecule has 0 aromatic heterocycles. The SMILES string of the molecule is CCC(COP)C(=O)O. The molecule has 0 aliphatic carbocycles. The molecule has 0 amide bonds. The number of carboxylic acid groups (broad SMARTS) is 1. The van der Waals surface area contributed by atoms with Crippen LogP contribution >= 0.6 is 9.47 Å². The van der Waals surface area contributed by atoms with Gasteiger partial charge in [-0.3, -0.25) is 4.79 Å². The molecule has 0 aliphatic rings. The zero-order valence-electron chi connectivity index (χ0n) is 5.33. The minimum atomic E-state index is -0.792. The summed E-state index contributed by atoms with van der Waals surface area (Å²) in [5, 5.41) is 8.42. The van der Waals surface area contributed by atoms with Crippen molar-refractivity contribution >= 4 is 15.4 Å². The van der Waals surface area contributed by atoms with Crippen molar-refractivity contribution < 1.29 is 14.4 Å². The van der Waals surface area contributed by atoms with E-state index in [9.17, 15) is 4.79 Å². The van der Waals surface area contributed by atoms with Crippen LogP contribution < -0.4 is 0 Å². The maximum absolute atomic E-state index is 10.2. The van der Waals surface area contributed by atoms with E-state index in [1.165, 1.54) is 0 Å². The molecule has 0 aliphatic heterocycles. The van der Waals surface area contributed by atoms with Crippen LogP contribution in [0.2, 0.25) is 0 Å². The number of hydrogen-bond donors (Lipinski definition) is 1. The molecule has 0 saturated carbocycles. The first kappa shape index (κ1) is 8.86. The monoisotopic (exact) mass is 150 g/mol. The highest BCUT2D eigenvalue weighted by Crippen LogP contribution is 2.04. The van der Waals surface area contributed by atoms with Crippen LogP contribution in [0.15, 0.2) is 0 Å². The van der Waals surface area contributed by atoms with E-state index in [2.05, 4.69) is 4.52 Å². The Kier molecular flexibility index (Phi) is 4.64. The van der Waals surface area contributed by atoms with Crippen molar-refractivity contribution in [3.05, 3.63) is 0 Å². The molecule has 54 valence electrons. The molecule has 1 N–H and O–H groups in total. The largest absolute Gasteiger partial charge is 0.481 e. The van der Waals surface area contributed by atoms with Gasteiger partial charge in [0, 0.05) is 9.47 Å². The Morgan fingerprint density at radius 3 is 2.56 bits per heavy atom. The lowest BCUT2D eigenvalue weighted by Gasteiger charge is -2.05. The van der Waals surface area contributed by atoms with Gasteiger partial charge in [0.05, 0.1) is 12.5 Å². The van der Waals surface area contributed by atoms with Gasteiger partial charge in [0.15, 0.2) is 0 Å². The first-order valence-electron chi connectivity index (χ1n) is 2.76. The third-order valence-electron chi connectivity index (χ3n) is 1.14. The van der Waals surface area contributed by atoms with E-state index < -0.39 is 5.97 Å². The lowest BCUT2D eigenvalue weighted by Crippen LogP contribution is -2.16. The van der Waals surface area contributed by atoms with Gasteiger partial charge in [0.1, 0.15) is 0 Å². The number of hydrogen-bond acceptors (Lipinski definition) is 2. The van der Waals surface area contributed by atoms with E-state index in [0.717, 1.165) is 0 Å². The summed E-state index contributed by atoms with van der Waals surface area (Å²) in [5.41, 5.74) is 0. The van der Waals surface area contributed by atoms with Crippen molar-refractivity contribution in [2.45, 2.75) is 13.3 Å². The molecule has 3 nitrogen and oxygen atoms in total. The van der Waals surface area contributed by atoms with Gasteiger partial charge in [0.2, 0.25) is 0 Å². The van der Waals surface area contributed by atoms with Crippen LogP contribution in [0.5, 0.6) is 0 Å². The molecule has 0 fully saturated rings. The fourth-order valence-electron chi connectivity index (χ4n) is 0.480. The van der Waals surface area contributed by atoms with Crippen LogP contribution in [0, 0.1) is 5.92 Å². The quantitative estimate of drug-likeness (QED) is 0.605. The maximum atomic E-state index is 10.2. The molecule has 0 aromatic carbocycles. The second-order valence-electron chi connectivity index (χ2n) is 1.78. The van der Waals surface area contributed by atoms with Gasteiger partial charge in [-0.05, 0) is 6.42 Å². The minimum absolute atomic E-state index is 0.274. The van der Waals surface area contributed by atoms with Gasteiger partial charge < -0.3 is 9.63 Å². The van der Waals surface area contributed by atoms with Crippen LogP contribution in [0.1, 0.15) is 13.3 Å². The molecular formula is C5H11O3P. The van der Waals surface area contributed by atoms with Gasteiger partial charge in [-0.1, -0.05) is 6.92 Å². The minimum Gasteiger partial charge on any atom is -0.481 e. The molecule has 0 aromatic rings. The molecule has 2 unspecified atom stereocenters. The van der Waals surface area contributed by atoms with Crippen LogP contribution in [-0.2, 0) is 9.32 Å². The average molecular weight is 150 g/mol. The van der Waals surface area contributed by atoms with Crippen LogP contribution in [-0.4, -0.2) is 17.7 Å². The third-order valence-corrected chi connectivity index (χ3v) is 1.33. The first-order valence-corrected chi connectivity index (χ1v) is 3.24. The summed E-state index contributed by atoms with van der Waals surface area (Å²) in [6.45, 7) is 2.10. The zero-order valence-corrected chi connectivity index (χ0v) is 6.49. The number of carboxylic acids is 1. The van der Waals surface area contributed by atoms with Crippen molar-refractivity contribution in [3.63, 3.8) is 0 Å². The summed E-state index contributed by atoms with van der Waals surface area (Å²) in [5.74, 6) is -1.15. The molecule has 0 radical (unpaired) electrons. The maximum Gasteiger partial charge on any atom is 0.308 e. The van der Waals surface area contributed by atoms with Gasteiger partial charge in [-0.25, -0.2) is 0 Å². The smallest absolute Gasteiger partial charge is 0.308 e. The number of aliphatic carboxylic acids is 1. The first-order chi connectivity index (χ1) is 4.22. The Morgan fingerprint density at radius 1 is 1.89 bits per heavy atom. The average Bonchev–Trinajstić information content (AvgIpc) is 1.82. The van der Waals surface area contributed by atoms with Crippen molar-refractivity contribution in [2.75, 3.05) is 6.61 Å². The summed E-state index contributed by atoms with van der Waals surface area (Å²) >= 11 is 0. The normalized spacial score (nSPS) is 13.1. The molecule has 0 saturated heterocycles. The second-order valence-corrected chi connectivity index (χ2v) is 2.11. The lowest BCUT2D eigenvalue weighted by atomic mass is 10.1. The van der Waals surface area contributed by atoms with Gasteiger partial charge in [-0.15, -0.1) is 0 Å². The van der Waals surface area contributed by atoms with E-state index in [4.69, 9.17) is 5.11 Å². The fraction of sp³-hybridized carbons (Fsp3) is 0.800. The highest BCUT2D eigenvalue weighted by Gasteiger charge is 2.13. The molecule has 0 spiro atoms. The van der Waals surface area contributed by atoms with Crippen LogP contribution in [0.25, 0.3) is 0 Å². The lowest BCUT2D eigenvalue weighted by molar-refractivity contribution is -0.142. The summed E-state index contributed by atoms with van der Waals surface area (Å²) < 4.78 is 4.59. The fourth-order valence-corrected chi connectivity index (χ4v) is 0.712. The Balaban J connectivity index is 3.54. The molecule has 2 atom stereocenters. The zero-order chi connectivity index (χ0) is 7.28. The molecular weight excluding hydrogens is 139 g/mol. The van der Waals surface area contributed by atoms with E-state index >= 15 is 0 Å². The summed E-state index contributed by atoms with van der Waals surface area (Å²) in [6, 6.07) is 0. The van der Waals surface area contributed by atoms with Crippen molar-refractivity contribution in [2.24, 2.45) is 5.92 Å². The Labute approximate surface area is 56.7 Å². The topological polar surface area (TPSA) is 46.5 Å². The predicted octanol–water partition coefficient (Wildman–Crippen LogP) is 0.904. The molecule has 0 heterocycles. The summed E-state index contributed by atoms with van der Waals surface area (Å²) in [6.07, 6.45) is 0.615. The highest BCUT2D eigenvalue weighted by atomic mass is 31.0. The third kappa shape index (κ3) is 3.44. The van der Waals surface area contributed by atoms with E-state index in [1.54, 1.807) is 0 Å². The van der Waals surface area contributed by atoms with Gasteiger partial charge in [0.25, 0.3) is 0 Å². The number of carbonyl (C=O) groups is 1. The standard InChI is InChI=1S/C5H11O3P/c1-2-4(3-8-9)5(6)7/h4H,2-3,9H2,1H3,(H,6,7). The molecule has 0 rings (SSSR count). The van der Waals surface area contributed by atoms with Crippen LogP contribution in [0.4, 0.5) is 0 Å². The Bertz CT molecular complexity index is 94.2. The highest BCUT2D eigenvalue weighted by molar-refractivity contribution is 7.09. The van der Waals surface area contributed by atoms with E-state index in [1.807, 2.05) is 16.4 Å². The van der Waals surface area contributed by atoms with E-state index in [-0.39, 0.29) is 12.5 Å². The Hall–Kier alpha value is -0.140. The molecule has 4 heteroatoms. The number of rotatable bonds is 4. The van der Waals surface area contributed by atoms with Crippen molar-refractivity contribution in [1.29, 1.82) is 0 Å². The van der Waals surface area contributed by atoms with E-state index in [0.29, 0.717) is 6.42 Å². The van der Waals surface area contributed by atoms with Gasteiger partial charge in [-0.2, -0.15) is 0 Å². The molecule has 9 heavy (non-hydrogen) atoms. The Morgan fingerprint density at radius 2 is 2.44 bits per heavy atom. The second kappa shape index (κ2) is 4.71. The van der Waals surface area contributed by atoms with Crippen molar-refractivity contribution in [3.8, 4) is 0 Å². The van der Waals surface area contributed by atoms with Gasteiger partial charge >= 0.3 is 5.97 Å². The summed E-state index contributed by atoms with van der Waals surface area (Å²) in [7, 11) is 2.03.